The van der Waals surface area contributed by atoms with Crippen LogP contribution in [0.3, 0.4) is 0 Å². The second kappa shape index (κ2) is 3.90. The van der Waals surface area contributed by atoms with E-state index in [1.807, 2.05) is 30.6 Å². The highest BCUT2D eigenvalue weighted by Gasteiger charge is 2.09. The minimum atomic E-state index is 0.947. The fraction of sp³-hybridized carbons (Fsp3) is 0. The minimum absolute atomic E-state index is 0.947. The zero-order valence-corrected chi connectivity index (χ0v) is 9.24. The smallest absolute Gasteiger partial charge is 0.116 e. The topological polar surface area (TPSA) is 41.6 Å². The van der Waals surface area contributed by atoms with Gasteiger partial charge in [-0.3, -0.25) is 0 Å². The fourth-order valence-electron chi connectivity index (χ4n) is 1.63. The van der Waals surface area contributed by atoms with Gasteiger partial charge in [0.1, 0.15) is 6.33 Å². The van der Waals surface area contributed by atoms with Crippen LogP contribution < -0.4 is 0 Å². The molecular weight excluding hydrogens is 218 g/mol. The highest BCUT2D eigenvalue weighted by Crippen LogP contribution is 2.31. The van der Waals surface area contributed by atoms with E-state index in [-0.39, 0.29) is 0 Å². The predicted octanol–water partition coefficient (Wildman–Crippen LogP) is 3.20. The molecule has 0 radical (unpaired) electrons. The highest BCUT2D eigenvalue weighted by atomic mass is 32.1. The average molecular weight is 227 g/mol. The first kappa shape index (κ1) is 9.30. The summed E-state index contributed by atoms with van der Waals surface area (Å²) in [5, 5.41) is 2.06. The molecule has 3 aromatic rings. The van der Waals surface area contributed by atoms with Crippen molar-refractivity contribution < 1.29 is 0 Å². The maximum absolute atomic E-state index is 4.34. The third kappa shape index (κ3) is 1.53. The lowest BCUT2D eigenvalue weighted by Gasteiger charge is -2.03. The largest absolute Gasteiger partial charge is 0.360 e. The van der Waals surface area contributed by atoms with E-state index in [4.69, 9.17) is 0 Å². The molecule has 1 N–H and O–H groups in total. The zero-order chi connectivity index (χ0) is 10.8. The first-order valence-corrected chi connectivity index (χ1v) is 5.81. The Morgan fingerprint density at radius 1 is 1.19 bits per heavy atom. The van der Waals surface area contributed by atoms with E-state index in [0.29, 0.717) is 0 Å². The van der Waals surface area contributed by atoms with Crippen molar-refractivity contribution in [2.24, 2.45) is 0 Å². The molecule has 0 fully saturated rings. The third-order valence-electron chi connectivity index (χ3n) is 2.35. The summed E-state index contributed by atoms with van der Waals surface area (Å²) in [5.41, 5.74) is 3.04. The van der Waals surface area contributed by atoms with E-state index in [2.05, 4.69) is 26.4 Å². The molecule has 0 aromatic carbocycles. The normalized spacial score (nSPS) is 10.5. The van der Waals surface area contributed by atoms with Gasteiger partial charge >= 0.3 is 0 Å². The molecule has 0 amide bonds. The van der Waals surface area contributed by atoms with E-state index < -0.39 is 0 Å². The monoisotopic (exact) mass is 227 g/mol. The summed E-state index contributed by atoms with van der Waals surface area (Å²) in [5.74, 6) is 0. The number of rotatable bonds is 2. The molecule has 3 aromatic heterocycles. The van der Waals surface area contributed by atoms with Crippen LogP contribution in [0.5, 0.6) is 0 Å². The van der Waals surface area contributed by atoms with Crippen molar-refractivity contribution in [2.75, 3.05) is 0 Å². The molecule has 0 saturated carbocycles. The van der Waals surface area contributed by atoms with Gasteiger partial charge in [0.25, 0.3) is 0 Å². The molecule has 0 saturated heterocycles. The van der Waals surface area contributed by atoms with Crippen LogP contribution in [0, 0.1) is 0 Å². The number of aromatic amines is 1. The number of nitrogens with one attached hydrogen (secondary N) is 1. The molecule has 4 heteroatoms. The average Bonchev–Trinajstić information content (AvgIpc) is 3.03. The summed E-state index contributed by atoms with van der Waals surface area (Å²) in [6.07, 6.45) is 5.33. The lowest BCUT2D eigenvalue weighted by molar-refractivity contribution is 1.16. The second-order valence-corrected chi connectivity index (χ2v) is 4.29. The molecule has 0 aliphatic rings. The number of aromatic nitrogens is 3. The maximum atomic E-state index is 4.34. The molecule has 78 valence electrons. The molecule has 3 rings (SSSR count). The molecule has 3 heterocycles. The van der Waals surface area contributed by atoms with Gasteiger partial charge in [-0.2, -0.15) is 0 Å². The molecule has 0 aliphatic heterocycles. The fourth-order valence-corrected chi connectivity index (χ4v) is 2.37. The van der Waals surface area contributed by atoms with Gasteiger partial charge in [0.05, 0.1) is 11.4 Å². The Balaban J connectivity index is 2.19. The van der Waals surface area contributed by atoms with Crippen LogP contribution in [0.2, 0.25) is 0 Å². The van der Waals surface area contributed by atoms with Crippen molar-refractivity contribution >= 4 is 11.3 Å². The molecule has 0 unspecified atom stereocenters. The summed E-state index contributed by atoms with van der Waals surface area (Å²) in [7, 11) is 0. The van der Waals surface area contributed by atoms with E-state index in [1.165, 1.54) is 4.88 Å². The number of thiophene rings is 1. The van der Waals surface area contributed by atoms with Crippen molar-refractivity contribution in [3.8, 4) is 21.8 Å². The molecule has 0 aliphatic carbocycles. The van der Waals surface area contributed by atoms with Crippen molar-refractivity contribution in [3.05, 3.63) is 48.4 Å². The van der Waals surface area contributed by atoms with E-state index in [0.717, 1.165) is 17.0 Å². The Bertz CT molecular complexity index is 517. The summed E-state index contributed by atoms with van der Waals surface area (Å²) in [4.78, 5) is 12.8. The van der Waals surface area contributed by atoms with E-state index in [1.54, 1.807) is 17.7 Å². The number of nitrogens with zero attached hydrogens (tertiary/aromatic N) is 2. The Kier molecular flexibility index (Phi) is 2.27. The standard InChI is InChI=1S/C12H9N3S/c1-3-10(14-5-1)12-9(7-13-8-15-12)11-4-2-6-16-11/h1-8,14H. The van der Waals surface area contributed by atoms with Gasteiger partial charge in [0.2, 0.25) is 0 Å². The Hall–Kier alpha value is -1.94. The Morgan fingerprint density at radius 3 is 2.94 bits per heavy atom. The van der Waals surface area contributed by atoms with Crippen LogP contribution in [0.25, 0.3) is 21.8 Å². The second-order valence-electron chi connectivity index (χ2n) is 3.35. The minimum Gasteiger partial charge on any atom is -0.360 e. The van der Waals surface area contributed by atoms with Crippen molar-refractivity contribution in [1.82, 2.24) is 15.0 Å². The highest BCUT2D eigenvalue weighted by molar-refractivity contribution is 7.13. The van der Waals surface area contributed by atoms with Gasteiger partial charge in [-0.25, -0.2) is 9.97 Å². The summed E-state index contributed by atoms with van der Waals surface area (Å²) in [6, 6.07) is 8.09. The Labute approximate surface area is 96.8 Å². The molecule has 0 spiro atoms. The molecule has 3 nitrogen and oxygen atoms in total. The van der Waals surface area contributed by atoms with E-state index in [9.17, 15) is 0 Å². The van der Waals surface area contributed by atoms with E-state index >= 15 is 0 Å². The van der Waals surface area contributed by atoms with Crippen LogP contribution in [-0.4, -0.2) is 15.0 Å². The quantitative estimate of drug-likeness (QED) is 0.730. The third-order valence-corrected chi connectivity index (χ3v) is 3.26. The van der Waals surface area contributed by atoms with Crippen LogP contribution in [0.1, 0.15) is 0 Å². The predicted molar refractivity (Wildman–Crippen MR) is 65.1 cm³/mol. The summed E-state index contributed by atoms with van der Waals surface area (Å²) < 4.78 is 0. The lowest BCUT2D eigenvalue weighted by Crippen LogP contribution is -1.89. The van der Waals surface area contributed by atoms with Gasteiger partial charge in [-0.05, 0) is 23.6 Å². The number of hydrogen-bond donors (Lipinski definition) is 1. The molecule has 16 heavy (non-hydrogen) atoms. The number of hydrogen-bond acceptors (Lipinski definition) is 3. The molecule has 0 bridgehead atoms. The molecule has 0 atom stereocenters. The van der Waals surface area contributed by atoms with Crippen molar-refractivity contribution in [1.29, 1.82) is 0 Å². The van der Waals surface area contributed by atoms with Crippen molar-refractivity contribution in [2.45, 2.75) is 0 Å². The van der Waals surface area contributed by atoms with Crippen LogP contribution in [-0.2, 0) is 0 Å². The van der Waals surface area contributed by atoms with Crippen LogP contribution in [0.15, 0.2) is 48.4 Å². The lowest BCUT2D eigenvalue weighted by atomic mass is 10.1. The van der Waals surface area contributed by atoms with Crippen LogP contribution in [0.4, 0.5) is 0 Å². The van der Waals surface area contributed by atoms with Gasteiger partial charge in [-0.1, -0.05) is 6.07 Å². The summed E-state index contributed by atoms with van der Waals surface area (Å²) >= 11 is 1.69. The van der Waals surface area contributed by atoms with Gasteiger partial charge in [-0.15, -0.1) is 11.3 Å². The van der Waals surface area contributed by atoms with Gasteiger partial charge in [0.15, 0.2) is 0 Å². The maximum Gasteiger partial charge on any atom is 0.116 e. The van der Waals surface area contributed by atoms with Gasteiger partial charge in [0, 0.05) is 22.8 Å². The zero-order valence-electron chi connectivity index (χ0n) is 8.42. The van der Waals surface area contributed by atoms with Gasteiger partial charge < -0.3 is 4.98 Å². The SMILES string of the molecule is c1c[nH]c(-c2ncncc2-c2cccs2)c1. The first-order valence-electron chi connectivity index (χ1n) is 4.93. The van der Waals surface area contributed by atoms with Crippen LogP contribution >= 0.6 is 11.3 Å². The molecular formula is C12H9N3S. The Morgan fingerprint density at radius 2 is 2.19 bits per heavy atom. The number of H-pyrrole nitrogens is 1. The first-order chi connectivity index (χ1) is 7.95. The summed E-state index contributed by atoms with van der Waals surface area (Å²) in [6.45, 7) is 0. The van der Waals surface area contributed by atoms with Crippen molar-refractivity contribution in [3.63, 3.8) is 0 Å².